The smallest absolute Gasteiger partial charge is 0.265 e. The lowest BCUT2D eigenvalue weighted by Gasteiger charge is -2.16. The summed E-state index contributed by atoms with van der Waals surface area (Å²) >= 11 is 0. The molecular formula is C21H21NO2. The number of nitrogens with one attached hydrogen (secondary N) is 1. The van der Waals surface area contributed by atoms with E-state index >= 15 is 0 Å². The number of para-hydroxylation sites is 1. The van der Waals surface area contributed by atoms with E-state index in [1.807, 2.05) is 60.7 Å². The third-order valence-electron chi connectivity index (χ3n) is 4.06. The Labute approximate surface area is 142 Å². The average molecular weight is 319 g/mol. The molecule has 0 saturated carbocycles. The lowest BCUT2D eigenvalue weighted by atomic mass is 10.1. The Morgan fingerprint density at radius 2 is 1.71 bits per heavy atom. The van der Waals surface area contributed by atoms with Gasteiger partial charge in [-0.25, -0.2) is 0 Å². The summed E-state index contributed by atoms with van der Waals surface area (Å²) in [6, 6.07) is 21.8. The summed E-state index contributed by atoms with van der Waals surface area (Å²) in [6.07, 6.45) is 0.298. The Morgan fingerprint density at radius 1 is 1.00 bits per heavy atom. The molecule has 122 valence electrons. The highest BCUT2D eigenvalue weighted by Crippen LogP contribution is 2.22. The van der Waals surface area contributed by atoms with Crippen LogP contribution in [0.2, 0.25) is 0 Å². The predicted octanol–water partition coefficient (Wildman–Crippen LogP) is 4.81. The van der Waals surface area contributed by atoms with E-state index in [2.05, 4.69) is 18.3 Å². The first kappa shape index (κ1) is 16.1. The van der Waals surface area contributed by atoms with Crippen LogP contribution in [0.4, 0.5) is 5.69 Å². The van der Waals surface area contributed by atoms with Gasteiger partial charge in [0.1, 0.15) is 5.75 Å². The van der Waals surface area contributed by atoms with Crippen LogP contribution < -0.4 is 10.1 Å². The summed E-state index contributed by atoms with van der Waals surface area (Å²) in [5.74, 6) is 0.546. The van der Waals surface area contributed by atoms with Crippen molar-refractivity contribution < 1.29 is 9.53 Å². The number of benzene rings is 3. The van der Waals surface area contributed by atoms with Gasteiger partial charge in [-0.15, -0.1) is 0 Å². The van der Waals surface area contributed by atoms with Crippen LogP contribution in [0.5, 0.6) is 5.75 Å². The van der Waals surface area contributed by atoms with E-state index < -0.39 is 6.10 Å². The van der Waals surface area contributed by atoms with E-state index in [0.717, 1.165) is 28.4 Å². The lowest BCUT2D eigenvalue weighted by Crippen LogP contribution is -2.30. The van der Waals surface area contributed by atoms with Gasteiger partial charge in [-0.05, 0) is 47.9 Å². The Balaban J connectivity index is 1.71. The molecule has 1 atom stereocenters. The summed E-state index contributed by atoms with van der Waals surface area (Å²) in [6.45, 7) is 3.83. The van der Waals surface area contributed by atoms with Gasteiger partial charge in [-0.2, -0.15) is 0 Å². The lowest BCUT2D eigenvalue weighted by molar-refractivity contribution is -0.122. The van der Waals surface area contributed by atoms with Gasteiger partial charge < -0.3 is 10.1 Å². The molecule has 0 heterocycles. The molecule has 0 unspecified atom stereocenters. The molecule has 0 fully saturated rings. The first-order chi connectivity index (χ1) is 11.7. The summed E-state index contributed by atoms with van der Waals surface area (Å²) in [5, 5.41) is 5.20. The van der Waals surface area contributed by atoms with Crippen LogP contribution in [0.25, 0.3) is 10.8 Å². The monoisotopic (exact) mass is 319 g/mol. The molecule has 1 amide bonds. The number of fused-ring (bicyclic) bond motifs is 1. The summed E-state index contributed by atoms with van der Waals surface area (Å²) < 4.78 is 5.82. The average Bonchev–Trinajstić information content (AvgIpc) is 2.62. The molecule has 0 aliphatic carbocycles. The van der Waals surface area contributed by atoms with E-state index in [4.69, 9.17) is 4.74 Å². The van der Waals surface area contributed by atoms with Crippen LogP contribution in [-0.4, -0.2) is 12.0 Å². The number of rotatable bonds is 5. The van der Waals surface area contributed by atoms with Crippen LogP contribution >= 0.6 is 0 Å². The minimum Gasteiger partial charge on any atom is -0.481 e. The SMILES string of the molecule is CCc1ccccc1NC(=O)[C@H](C)Oc1ccc2ccccc2c1. The third-order valence-corrected chi connectivity index (χ3v) is 4.06. The van der Waals surface area contributed by atoms with E-state index in [0.29, 0.717) is 5.75 Å². The Bertz CT molecular complexity index is 857. The van der Waals surface area contributed by atoms with Crippen molar-refractivity contribution in [2.75, 3.05) is 5.32 Å². The van der Waals surface area contributed by atoms with Crippen molar-refractivity contribution in [2.45, 2.75) is 26.4 Å². The number of hydrogen-bond acceptors (Lipinski definition) is 2. The molecule has 0 bridgehead atoms. The quantitative estimate of drug-likeness (QED) is 0.733. The van der Waals surface area contributed by atoms with Gasteiger partial charge >= 0.3 is 0 Å². The standard InChI is InChI=1S/C21H21NO2/c1-3-16-8-6-7-11-20(16)22-21(23)15(2)24-19-13-12-17-9-4-5-10-18(17)14-19/h4-15H,3H2,1-2H3,(H,22,23)/t15-/m0/s1. The highest BCUT2D eigenvalue weighted by molar-refractivity contribution is 5.95. The molecule has 3 aromatic carbocycles. The normalized spacial score (nSPS) is 11.9. The maximum Gasteiger partial charge on any atom is 0.265 e. The molecule has 3 rings (SSSR count). The van der Waals surface area contributed by atoms with Gasteiger partial charge in [-0.3, -0.25) is 4.79 Å². The summed E-state index contributed by atoms with van der Waals surface area (Å²) in [7, 11) is 0. The number of anilines is 1. The molecule has 0 aliphatic heterocycles. The fourth-order valence-corrected chi connectivity index (χ4v) is 2.68. The van der Waals surface area contributed by atoms with Crippen molar-refractivity contribution in [3.05, 3.63) is 72.3 Å². The molecule has 0 spiro atoms. The number of amides is 1. The highest BCUT2D eigenvalue weighted by Gasteiger charge is 2.16. The second kappa shape index (κ2) is 7.18. The minimum atomic E-state index is -0.573. The van der Waals surface area contributed by atoms with Crippen molar-refractivity contribution >= 4 is 22.4 Å². The van der Waals surface area contributed by atoms with E-state index in [1.165, 1.54) is 0 Å². The predicted molar refractivity (Wildman–Crippen MR) is 98.5 cm³/mol. The minimum absolute atomic E-state index is 0.149. The molecular weight excluding hydrogens is 298 g/mol. The van der Waals surface area contributed by atoms with Crippen molar-refractivity contribution in [1.29, 1.82) is 0 Å². The number of aryl methyl sites for hydroxylation is 1. The molecule has 3 heteroatoms. The van der Waals surface area contributed by atoms with Crippen molar-refractivity contribution in [3.63, 3.8) is 0 Å². The van der Waals surface area contributed by atoms with Crippen LogP contribution in [0.15, 0.2) is 66.7 Å². The topological polar surface area (TPSA) is 38.3 Å². The summed E-state index contributed by atoms with van der Waals surface area (Å²) in [5.41, 5.74) is 1.96. The van der Waals surface area contributed by atoms with Gasteiger partial charge in [0.05, 0.1) is 0 Å². The molecule has 0 radical (unpaired) electrons. The number of hydrogen-bond donors (Lipinski definition) is 1. The maximum absolute atomic E-state index is 12.4. The van der Waals surface area contributed by atoms with Gasteiger partial charge in [0, 0.05) is 5.69 Å². The molecule has 0 aliphatic rings. The number of carbonyl (C=O) groups excluding carboxylic acids is 1. The zero-order valence-electron chi connectivity index (χ0n) is 14.0. The first-order valence-corrected chi connectivity index (χ1v) is 8.21. The molecule has 3 aromatic rings. The Hall–Kier alpha value is -2.81. The largest absolute Gasteiger partial charge is 0.481 e. The van der Waals surface area contributed by atoms with Crippen molar-refractivity contribution in [1.82, 2.24) is 0 Å². The second-order valence-electron chi connectivity index (χ2n) is 5.77. The highest BCUT2D eigenvalue weighted by atomic mass is 16.5. The number of ether oxygens (including phenoxy) is 1. The number of carbonyl (C=O) groups is 1. The second-order valence-corrected chi connectivity index (χ2v) is 5.77. The third kappa shape index (κ3) is 3.57. The van der Waals surface area contributed by atoms with E-state index in [-0.39, 0.29) is 5.91 Å². The van der Waals surface area contributed by atoms with E-state index in [9.17, 15) is 4.79 Å². The zero-order valence-corrected chi connectivity index (χ0v) is 14.0. The Morgan fingerprint density at radius 3 is 2.50 bits per heavy atom. The molecule has 0 saturated heterocycles. The van der Waals surface area contributed by atoms with Crippen LogP contribution in [0, 0.1) is 0 Å². The summed E-state index contributed by atoms with van der Waals surface area (Å²) in [4.78, 5) is 12.4. The van der Waals surface area contributed by atoms with E-state index in [1.54, 1.807) is 6.92 Å². The van der Waals surface area contributed by atoms with Gasteiger partial charge in [-0.1, -0.05) is 55.5 Å². The fourth-order valence-electron chi connectivity index (χ4n) is 2.68. The van der Waals surface area contributed by atoms with Gasteiger partial charge in [0.2, 0.25) is 0 Å². The Kier molecular flexibility index (Phi) is 4.80. The molecule has 24 heavy (non-hydrogen) atoms. The van der Waals surface area contributed by atoms with Gasteiger partial charge in [0.25, 0.3) is 5.91 Å². The molecule has 1 N–H and O–H groups in total. The fraction of sp³-hybridized carbons (Fsp3) is 0.190. The van der Waals surface area contributed by atoms with Crippen molar-refractivity contribution in [3.8, 4) is 5.75 Å². The molecule has 0 aromatic heterocycles. The molecule has 3 nitrogen and oxygen atoms in total. The van der Waals surface area contributed by atoms with Crippen LogP contribution in [-0.2, 0) is 11.2 Å². The maximum atomic E-state index is 12.4. The van der Waals surface area contributed by atoms with Gasteiger partial charge in [0.15, 0.2) is 6.10 Å². The van der Waals surface area contributed by atoms with Crippen LogP contribution in [0.1, 0.15) is 19.4 Å². The van der Waals surface area contributed by atoms with Crippen molar-refractivity contribution in [2.24, 2.45) is 0 Å². The first-order valence-electron chi connectivity index (χ1n) is 8.21. The van der Waals surface area contributed by atoms with Crippen LogP contribution in [0.3, 0.4) is 0 Å². The zero-order chi connectivity index (χ0) is 16.9.